The molecule has 0 radical (unpaired) electrons. The molecule has 0 bridgehead atoms. The van der Waals surface area contributed by atoms with Gasteiger partial charge >= 0.3 is 0 Å². The molecule has 2 aromatic carbocycles. The van der Waals surface area contributed by atoms with E-state index in [0.29, 0.717) is 5.69 Å². The lowest BCUT2D eigenvalue weighted by atomic mass is 10.3. The summed E-state index contributed by atoms with van der Waals surface area (Å²) < 4.78 is 15.0. The first-order valence-electron chi connectivity index (χ1n) is 7.91. The average molecular weight is 378 g/mol. The van der Waals surface area contributed by atoms with Crippen molar-refractivity contribution in [2.45, 2.75) is 25.0 Å². The molecule has 0 aliphatic carbocycles. The van der Waals surface area contributed by atoms with Crippen LogP contribution in [0.1, 0.15) is 13.3 Å². The number of aromatic nitrogens is 2. The molecule has 0 atom stereocenters. The molecule has 0 saturated heterocycles. The molecular weight excluding hydrogens is 361 g/mol. The monoisotopic (exact) mass is 377 g/mol. The Kier molecular flexibility index (Phi) is 5.60. The summed E-state index contributed by atoms with van der Waals surface area (Å²) in [5.74, 6) is 0.242. The Morgan fingerprint density at radius 1 is 1.32 bits per heavy atom. The second-order valence-electron chi connectivity index (χ2n) is 5.49. The first-order chi connectivity index (χ1) is 12.1. The summed E-state index contributed by atoms with van der Waals surface area (Å²) in [7, 11) is 0. The van der Waals surface area contributed by atoms with Gasteiger partial charge in [-0.3, -0.25) is 4.79 Å². The van der Waals surface area contributed by atoms with Crippen LogP contribution < -0.4 is 5.32 Å². The third-order valence-corrected chi connectivity index (χ3v) is 5.06. The lowest BCUT2D eigenvalue weighted by Crippen LogP contribution is -2.19. The number of para-hydroxylation sites is 2. The molecule has 0 fully saturated rings. The first-order valence-corrected chi connectivity index (χ1v) is 9.28. The highest BCUT2D eigenvalue weighted by molar-refractivity contribution is 7.99. The molecular formula is C18H17ClFN3OS. The highest BCUT2D eigenvalue weighted by Crippen LogP contribution is 2.26. The number of carbonyl (C=O) groups excluding carboxylic acids is 1. The van der Waals surface area contributed by atoms with E-state index in [1.165, 1.54) is 18.2 Å². The van der Waals surface area contributed by atoms with E-state index in [-0.39, 0.29) is 17.5 Å². The Morgan fingerprint density at radius 3 is 2.88 bits per heavy atom. The fourth-order valence-corrected chi connectivity index (χ4v) is 3.52. The largest absolute Gasteiger partial charge is 0.323 e. The molecule has 25 heavy (non-hydrogen) atoms. The SMILES string of the molecule is CCCSc1nc2ccccc2n1CC(=O)Nc1ccc(F)cc1Cl. The van der Waals surface area contributed by atoms with Crippen LogP contribution >= 0.6 is 23.4 Å². The maximum absolute atomic E-state index is 13.1. The Bertz CT molecular complexity index is 912. The van der Waals surface area contributed by atoms with E-state index < -0.39 is 5.82 Å². The molecule has 1 aromatic heterocycles. The van der Waals surface area contributed by atoms with Gasteiger partial charge in [0.25, 0.3) is 0 Å². The van der Waals surface area contributed by atoms with Gasteiger partial charge in [0.05, 0.1) is 21.7 Å². The van der Waals surface area contributed by atoms with Crippen LogP contribution in [0.25, 0.3) is 11.0 Å². The van der Waals surface area contributed by atoms with E-state index in [1.54, 1.807) is 11.8 Å². The van der Waals surface area contributed by atoms with Crippen molar-refractivity contribution in [3.63, 3.8) is 0 Å². The molecule has 1 amide bonds. The summed E-state index contributed by atoms with van der Waals surface area (Å²) in [4.78, 5) is 17.1. The third-order valence-electron chi connectivity index (χ3n) is 3.56. The zero-order valence-corrected chi connectivity index (χ0v) is 15.2. The normalized spacial score (nSPS) is 11.0. The van der Waals surface area contributed by atoms with Gasteiger partial charge in [-0.25, -0.2) is 9.37 Å². The quantitative estimate of drug-likeness (QED) is 0.617. The number of imidazole rings is 1. The van der Waals surface area contributed by atoms with Crippen molar-refractivity contribution in [3.8, 4) is 0 Å². The second kappa shape index (κ2) is 7.89. The van der Waals surface area contributed by atoms with Crippen LogP contribution in [0, 0.1) is 5.82 Å². The fourth-order valence-electron chi connectivity index (χ4n) is 2.43. The predicted octanol–water partition coefficient (Wildman–Crippen LogP) is 4.97. The second-order valence-corrected chi connectivity index (χ2v) is 6.96. The molecule has 0 unspecified atom stereocenters. The number of rotatable bonds is 6. The Hall–Kier alpha value is -2.05. The highest BCUT2D eigenvalue weighted by atomic mass is 35.5. The number of thioether (sulfide) groups is 1. The van der Waals surface area contributed by atoms with Crippen molar-refractivity contribution in [2.75, 3.05) is 11.1 Å². The van der Waals surface area contributed by atoms with E-state index >= 15 is 0 Å². The highest BCUT2D eigenvalue weighted by Gasteiger charge is 2.15. The minimum atomic E-state index is -0.443. The molecule has 1 heterocycles. The van der Waals surface area contributed by atoms with Crippen molar-refractivity contribution < 1.29 is 9.18 Å². The van der Waals surface area contributed by atoms with Gasteiger partial charge in [-0.05, 0) is 36.8 Å². The first kappa shape index (κ1) is 17.8. The molecule has 3 rings (SSSR count). The maximum Gasteiger partial charge on any atom is 0.244 e. The molecule has 3 aromatic rings. The summed E-state index contributed by atoms with van der Waals surface area (Å²) in [6.07, 6.45) is 1.02. The van der Waals surface area contributed by atoms with Crippen molar-refractivity contribution >= 4 is 46.0 Å². The Labute approximate surface area is 154 Å². The minimum Gasteiger partial charge on any atom is -0.323 e. The maximum atomic E-state index is 13.1. The van der Waals surface area contributed by atoms with Gasteiger partial charge in [0.15, 0.2) is 5.16 Å². The number of carbonyl (C=O) groups is 1. The number of amides is 1. The lowest BCUT2D eigenvalue weighted by molar-refractivity contribution is -0.116. The molecule has 0 aliphatic rings. The van der Waals surface area contributed by atoms with E-state index in [1.807, 2.05) is 28.8 Å². The molecule has 4 nitrogen and oxygen atoms in total. The van der Waals surface area contributed by atoms with Crippen molar-refractivity contribution in [2.24, 2.45) is 0 Å². The van der Waals surface area contributed by atoms with Gasteiger partial charge in [0.1, 0.15) is 12.4 Å². The van der Waals surface area contributed by atoms with Gasteiger partial charge in [-0.1, -0.05) is 42.4 Å². The lowest BCUT2D eigenvalue weighted by Gasteiger charge is -2.10. The molecule has 0 aliphatic heterocycles. The van der Waals surface area contributed by atoms with Crippen LogP contribution in [0.2, 0.25) is 5.02 Å². The zero-order valence-electron chi connectivity index (χ0n) is 13.6. The van der Waals surface area contributed by atoms with Gasteiger partial charge in [-0.2, -0.15) is 0 Å². The van der Waals surface area contributed by atoms with Crippen molar-refractivity contribution in [3.05, 3.63) is 53.3 Å². The zero-order chi connectivity index (χ0) is 17.8. The molecule has 1 N–H and O–H groups in total. The van der Waals surface area contributed by atoms with Crippen LogP contribution in [0.3, 0.4) is 0 Å². The van der Waals surface area contributed by atoms with Crippen LogP contribution in [0.5, 0.6) is 0 Å². The summed E-state index contributed by atoms with van der Waals surface area (Å²) in [5, 5.41) is 3.71. The standard InChI is InChI=1S/C18H17ClFN3OS/c1-2-9-25-18-22-15-5-3-4-6-16(15)23(18)11-17(24)21-14-8-7-12(20)10-13(14)19/h3-8,10H,2,9,11H2,1H3,(H,21,24). The smallest absolute Gasteiger partial charge is 0.244 e. The van der Waals surface area contributed by atoms with Crippen LogP contribution in [-0.2, 0) is 11.3 Å². The number of nitrogens with one attached hydrogen (secondary N) is 1. The number of benzene rings is 2. The molecule has 7 heteroatoms. The fraction of sp³-hybridized carbons (Fsp3) is 0.222. The number of anilines is 1. The number of nitrogens with zero attached hydrogens (tertiary/aromatic N) is 2. The van der Waals surface area contributed by atoms with Crippen LogP contribution in [0.4, 0.5) is 10.1 Å². The van der Waals surface area contributed by atoms with Crippen LogP contribution in [-0.4, -0.2) is 21.2 Å². The van der Waals surface area contributed by atoms with Crippen molar-refractivity contribution in [1.82, 2.24) is 9.55 Å². The number of halogens is 2. The summed E-state index contributed by atoms with van der Waals surface area (Å²) in [5.41, 5.74) is 2.15. The van der Waals surface area contributed by atoms with Crippen molar-refractivity contribution in [1.29, 1.82) is 0 Å². The Balaban J connectivity index is 1.84. The molecule has 0 saturated carbocycles. The van der Waals surface area contributed by atoms with E-state index in [0.717, 1.165) is 28.4 Å². The Morgan fingerprint density at radius 2 is 2.12 bits per heavy atom. The van der Waals surface area contributed by atoms with Crippen LogP contribution in [0.15, 0.2) is 47.6 Å². The van der Waals surface area contributed by atoms with Gasteiger partial charge in [0.2, 0.25) is 5.91 Å². The van der Waals surface area contributed by atoms with E-state index in [2.05, 4.69) is 17.2 Å². The number of fused-ring (bicyclic) bond motifs is 1. The van der Waals surface area contributed by atoms with E-state index in [9.17, 15) is 9.18 Å². The molecule has 0 spiro atoms. The number of hydrogen-bond acceptors (Lipinski definition) is 3. The third kappa shape index (κ3) is 4.14. The average Bonchev–Trinajstić information content (AvgIpc) is 2.93. The summed E-state index contributed by atoms with van der Waals surface area (Å²) >= 11 is 7.59. The summed E-state index contributed by atoms with van der Waals surface area (Å²) in [6, 6.07) is 11.6. The van der Waals surface area contributed by atoms with E-state index in [4.69, 9.17) is 11.6 Å². The summed E-state index contributed by atoms with van der Waals surface area (Å²) in [6.45, 7) is 2.21. The topological polar surface area (TPSA) is 46.9 Å². The van der Waals surface area contributed by atoms with Gasteiger partial charge in [0, 0.05) is 5.75 Å². The number of hydrogen-bond donors (Lipinski definition) is 1. The predicted molar refractivity (Wildman–Crippen MR) is 101 cm³/mol. The molecule has 130 valence electrons. The van der Waals surface area contributed by atoms with Gasteiger partial charge < -0.3 is 9.88 Å². The minimum absolute atomic E-state index is 0.111. The van der Waals surface area contributed by atoms with Gasteiger partial charge in [-0.15, -0.1) is 0 Å².